The lowest BCUT2D eigenvalue weighted by Crippen LogP contribution is -2.41. The first kappa shape index (κ1) is 24.0. The van der Waals surface area contributed by atoms with Crippen LogP contribution in [-0.4, -0.2) is 83.0 Å². The second-order valence-electron chi connectivity index (χ2n) is 7.76. The summed E-state index contributed by atoms with van der Waals surface area (Å²) in [6, 6.07) is 4.09. The van der Waals surface area contributed by atoms with Crippen molar-refractivity contribution in [3.05, 3.63) is 24.5 Å². The van der Waals surface area contributed by atoms with Gasteiger partial charge in [-0.3, -0.25) is 3.97 Å². The fourth-order valence-electron chi connectivity index (χ4n) is 2.68. The molecule has 0 bridgehead atoms. The average Bonchev–Trinajstić information content (AvgIpc) is 3.10. The van der Waals surface area contributed by atoms with Crippen LogP contribution in [0.25, 0.3) is 10.9 Å². The number of rotatable bonds is 5. The maximum Gasteiger partial charge on any atom is 0.408 e. The van der Waals surface area contributed by atoms with Gasteiger partial charge in [-0.25, -0.2) is 14.1 Å². The Balaban J connectivity index is 0.000000252. The Kier molecular flexibility index (Phi) is 8.94. The molecule has 0 saturated carbocycles. The maximum atomic E-state index is 10.7. The van der Waals surface area contributed by atoms with E-state index in [1.807, 2.05) is 6.07 Å². The number of aromatic nitrogens is 2. The highest BCUT2D eigenvalue weighted by molar-refractivity contribution is 7.95. The van der Waals surface area contributed by atoms with Crippen molar-refractivity contribution in [2.75, 3.05) is 46.9 Å². The molecule has 1 saturated heterocycles. The zero-order valence-electron chi connectivity index (χ0n) is 18.3. The lowest BCUT2D eigenvalue weighted by molar-refractivity contribution is -0.107. The van der Waals surface area contributed by atoms with Crippen LogP contribution < -0.4 is 10.1 Å². The molecule has 1 N–H and O–H groups in total. The third-order valence-electron chi connectivity index (χ3n) is 4.13. The number of fused-ring (bicyclic) bond motifs is 1. The lowest BCUT2D eigenvalue weighted by atomic mass is 10.2. The van der Waals surface area contributed by atoms with Crippen molar-refractivity contribution in [3.8, 4) is 5.88 Å². The van der Waals surface area contributed by atoms with E-state index >= 15 is 0 Å². The minimum Gasteiger partial charge on any atom is -0.481 e. The van der Waals surface area contributed by atoms with E-state index < -0.39 is 11.7 Å². The third-order valence-corrected chi connectivity index (χ3v) is 5.22. The summed E-state index contributed by atoms with van der Waals surface area (Å²) in [6.07, 6.45) is 3.91. The van der Waals surface area contributed by atoms with E-state index in [2.05, 4.69) is 42.8 Å². The Labute approximate surface area is 182 Å². The zero-order valence-corrected chi connectivity index (χ0v) is 19.1. The number of carbonyl (C=O) groups is 2. The normalized spacial score (nSPS) is 15.2. The molecule has 9 nitrogen and oxygen atoms in total. The summed E-state index contributed by atoms with van der Waals surface area (Å²) in [5, 5.41) is 3.32. The van der Waals surface area contributed by atoms with Crippen LogP contribution in [0.3, 0.4) is 0 Å². The van der Waals surface area contributed by atoms with Crippen LogP contribution in [0, 0.1) is 0 Å². The first-order chi connectivity index (χ1) is 14.2. The van der Waals surface area contributed by atoms with E-state index in [4.69, 9.17) is 9.47 Å². The summed E-state index contributed by atoms with van der Waals surface area (Å²) in [7, 11) is 3.83. The van der Waals surface area contributed by atoms with Crippen LogP contribution >= 0.6 is 12.1 Å². The van der Waals surface area contributed by atoms with Crippen molar-refractivity contribution in [1.29, 1.82) is 0 Å². The number of ether oxygens (including phenoxy) is 2. The van der Waals surface area contributed by atoms with Crippen LogP contribution in [0.2, 0.25) is 0 Å². The van der Waals surface area contributed by atoms with Crippen LogP contribution in [0.4, 0.5) is 4.79 Å². The summed E-state index contributed by atoms with van der Waals surface area (Å²) in [5.74, 6) is 0.690. The molecule has 2 aromatic heterocycles. The molecule has 1 amide bonds. The Hall–Kier alpha value is -2.30. The fourth-order valence-corrected chi connectivity index (χ4v) is 3.62. The molecule has 0 spiro atoms. The van der Waals surface area contributed by atoms with Gasteiger partial charge in [0.05, 0.1) is 24.6 Å². The molecule has 30 heavy (non-hydrogen) atoms. The van der Waals surface area contributed by atoms with Gasteiger partial charge in [-0.2, -0.15) is 0 Å². The lowest BCUT2D eigenvalue weighted by Gasteiger charge is -2.31. The fraction of sp³-hybridized carbons (Fsp3) is 0.550. The first-order valence-corrected chi connectivity index (χ1v) is 10.5. The van der Waals surface area contributed by atoms with Gasteiger partial charge in [-0.15, -0.1) is 0 Å². The highest BCUT2D eigenvalue weighted by Crippen LogP contribution is 2.28. The Morgan fingerprint density at radius 2 is 1.97 bits per heavy atom. The van der Waals surface area contributed by atoms with Crippen molar-refractivity contribution in [3.63, 3.8) is 0 Å². The number of nitrogens with zero attached hydrogens (tertiary/aromatic N) is 4. The number of piperazine rings is 1. The highest BCUT2D eigenvalue weighted by Gasteiger charge is 2.17. The molecule has 2 aromatic rings. The topological polar surface area (TPSA) is 88.9 Å². The summed E-state index contributed by atoms with van der Waals surface area (Å²) in [4.78, 5) is 27.1. The van der Waals surface area contributed by atoms with Gasteiger partial charge in [0.2, 0.25) is 5.88 Å². The first-order valence-electron chi connectivity index (χ1n) is 9.76. The molecule has 0 atom stereocenters. The Morgan fingerprint density at radius 3 is 2.57 bits per heavy atom. The van der Waals surface area contributed by atoms with Gasteiger partial charge < -0.3 is 24.5 Å². The van der Waals surface area contributed by atoms with Gasteiger partial charge in [0, 0.05) is 50.7 Å². The number of carbonyl (C=O) groups excluding carboxylic acids is 2. The van der Waals surface area contributed by atoms with E-state index in [0.717, 1.165) is 37.1 Å². The van der Waals surface area contributed by atoms with E-state index in [-0.39, 0.29) is 6.54 Å². The largest absolute Gasteiger partial charge is 0.481 e. The summed E-state index contributed by atoms with van der Waals surface area (Å²) in [6.45, 7) is 9.68. The molecule has 1 aliphatic heterocycles. The molecular weight excluding hydrogens is 406 g/mol. The number of aldehydes is 1. The van der Waals surface area contributed by atoms with Gasteiger partial charge in [0.25, 0.3) is 0 Å². The summed E-state index contributed by atoms with van der Waals surface area (Å²) < 4.78 is 14.7. The molecular formula is C20H31N5O4S. The molecule has 3 heterocycles. The van der Waals surface area contributed by atoms with Crippen LogP contribution in [-0.2, 0) is 9.53 Å². The molecule has 0 radical (unpaired) electrons. The number of amides is 1. The smallest absolute Gasteiger partial charge is 0.408 e. The molecule has 0 unspecified atom stereocenters. The second kappa shape index (κ2) is 11.2. The third kappa shape index (κ3) is 7.51. The van der Waals surface area contributed by atoms with Gasteiger partial charge in [0.1, 0.15) is 11.9 Å². The zero-order chi connectivity index (χ0) is 22.1. The van der Waals surface area contributed by atoms with Crippen molar-refractivity contribution >= 4 is 35.4 Å². The standard InChI is InChI=1S/C13H18N4OS.C7H13NO3/c1-15-7-9-16(10-8-15)19-17-6-4-11-12(17)3-5-14-13(11)18-2;1-7(2,3)11-6(10)8-4-5-9/h3-6H,7-10H2,1-2H3;5H,4H2,1-3H3,(H,8,10). The summed E-state index contributed by atoms with van der Waals surface area (Å²) in [5.41, 5.74) is 0.642. The molecule has 1 fully saturated rings. The maximum absolute atomic E-state index is 10.7. The molecule has 0 aromatic carbocycles. The average molecular weight is 438 g/mol. The van der Waals surface area contributed by atoms with Crippen LogP contribution in [0.15, 0.2) is 24.5 Å². The van der Waals surface area contributed by atoms with Crippen LogP contribution in [0.1, 0.15) is 20.8 Å². The number of hydrogen-bond acceptors (Lipinski definition) is 8. The van der Waals surface area contributed by atoms with E-state index in [1.165, 1.54) is 0 Å². The van der Waals surface area contributed by atoms with E-state index in [1.54, 1.807) is 46.2 Å². The summed E-state index contributed by atoms with van der Waals surface area (Å²) >= 11 is 1.76. The molecule has 10 heteroatoms. The van der Waals surface area contributed by atoms with Crippen molar-refractivity contribution in [2.24, 2.45) is 0 Å². The number of hydrogen-bond donors (Lipinski definition) is 1. The molecule has 3 rings (SSSR count). The van der Waals surface area contributed by atoms with Crippen LogP contribution in [0.5, 0.6) is 5.88 Å². The van der Waals surface area contributed by atoms with E-state index in [0.29, 0.717) is 12.2 Å². The Bertz CT molecular complexity index is 828. The molecule has 166 valence electrons. The number of alkyl carbamates (subject to hydrolysis) is 1. The van der Waals surface area contributed by atoms with Gasteiger partial charge in [0.15, 0.2) is 0 Å². The Morgan fingerprint density at radius 1 is 1.27 bits per heavy atom. The quantitative estimate of drug-likeness (QED) is 0.564. The van der Waals surface area contributed by atoms with Gasteiger partial charge >= 0.3 is 6.09 Å². The predicted octanol–water partition coefficient (Wildman–Crippen LogP) is 2.41. The van der Waals surface area contributed by atoms with Crippen molar-refractivity contribution in [1.82, 2.24) is 23.5 Å². The van der Waals surface area contributed by atoms with Gasteiger partial charge in [-0.05, 0) is 40.0 Å². The van der Waals surface area contributed by atoms with E-state index in [9.17, 15) is 9.59 Å². The monoisotopic (exact) mass is 437 g/mol. The van der Waals surface area contributed by atoms with Gasteiger partial charge in [-0.1, -0.05) is 0 Å². The van der Waals surface area contributed by atoms with Crippen molar-refractivity contribution in [2.45, 2.75) is 26.4 Å². The minimum atomic E-state index is -0.565. The predicted molar refractivity (Wildman–Crippen MR) is 119 cm³/mol. The second-order valence-corrected chi connectivity index (χ2v) is 8.83. The number of methoxy groups -OCH3 is 1. The molecule has 1 aliphatic rings. The number of pyridine rings is 1. The van der Waals surface area contributed by atoms with Crippen molar-refractivity contribution < 1.29 is 19.1 Å². The number of likely N-dealkylation sites (N-methyl/N-ethyl adjacent to an activating group) is 1. The molecule has 0 aliphatic carbocycles. The SMILES string of the molecule is CC(C)(C)OC(=O)NCC=O.COc1nccc2c1ccn2SN1CCN(C)CC1. The minimum absolute atomic E-state index is 0.00505. The number of nitrogens with one attached hydrogen (secondary N) is 1. The highest BCUT2D eigenvalue weighted by atomic mass is 32.2.